The van der Waals surface area contributed by atoms with Gasteiger partial charge >= 0.3 is 5.69 Å². The zero-order chi connectivity index (χ0) is 14.4. The summed E-state index contributed by atoms with van der Waals surface area (Å²) in [5.74, 6) is 0.727. The number of hydrogen-bond acceptors (Lipinski definition) is 3. The third-order valence-electron chi connectivity index (χ3n) is 4.11. The van der Waals surface area contributed by atoms with Gasteiger partial charge in [-0.25, -0.2) is 9.89 Å². The van der Waals surface area contributed by atoms with E-state index in [9.17, 15) is 9.59 Å². The number of nitrogens with zero attached hydrogens (tertiary/aromatic N) is 2. The second-order valence-electron chi connectivity index (χ2n) is 5.72. The Morgan fingerprint density at radius 3 is 2.80 bits per heavy atom. The molecule has 1 aliphatic carbocycles. The van der Waals surface area contributed by atoms with E-state index in [1.54, 1.807) is 0 Å². The van der Waals surface area contributed by atoms with Crippen LogP contribution in [0.15, 0.2) is 11.1 Å². The van der Waals surface area contributed by atoms with Crippen LogP contribution in [0.5, 0.6) is 0 Å². The largest absolute Gasteiger partial charge is 0.352 e. The van der Waals surface area contributed by atoms with Gasteiger partial charge < -0.3 is 5.32 Å². The lowest BCUT2D eigenvalue weighted by Gasteiger charge is -2.29. The van der Waals surface area contributed by atoms with Gasteiger partial charge in [-0.05, 0) is 31.6 Å². The van der Waals surface area contributed by atoms with Crippen LogP contribution in [0.2, 0.25) is 0 Å². The first-order valence-electron chi connectivity index (χ1n) is 7.58. The molecule has 0 saturated heterocycles. The minimum absolute atomic E-state index is 0.0467. The first kappa shape index (κ1) is 14.8. The lowest BCUT2D eigenvalue weighted by atomic mass is 9.83. The fourth-order valence-corrected chi connectivity index (χ4v) is 2.90. The second kappa shape index (κ2) is 7.26. The number of carbonyl (C=O) groups excluding carboxylic acids is 1. The van der Waals surface area contributed by atoms with Gasteiger partial charge in [0.15, 0.2) is 0 Å². The molecule has 6 nitrogen and oxygen atoms in total. The van der Waals surface area contributed by atoms with Crippen molar-refractivity contribution >= 4 is 5.91 Å². The second-order valence-corrected chi connectivity index (χ2v) is 5.72. The minimum atomic E-state index is -0.344. The number of aromatic nitrogens is 3. The van der Waals surface area contributed by atoms with Crippen molar-refractivity contribution in [3.05, 3.63) is 16.8 Å². The molecule has 1 aliphatic rings. The van der Waals surface area contributed by atoms with E-state index < -0.39 is 0 Å². The van der Waals surface area contributed by atoms with Crippen molar-refractivity contribution in [3.63, 3.8) is 0 Å². The van der Waals surface area contributed by atoms with Crippen LogP contribution in [0.1, 0.15) is 51.9 Å². The van der Waals surface area contributed by atoms with E-state index in [1.807, 2.05) is 0 Å². The van der Waals surface area contributed by atoms with Crippen molar-refractivity contribution in [2.24, 2.45) is 5.92 Å². The molecule has 1 amide bonds. The first-order chi connectivity index (χ1) is 9.69. The molecule has 1 saturated carbocycles. The van der Waals surface area contributed by atoms with Crippen molar-refractivity contribution in [3.8, 4) is 0 Å². The van der Waals surface area contributed by atoms with Crippen LogP contribution in [-0.4, -0.2) is 26.7 Å². The Hall–Kier alpha value is -1.59. The van der Waals surface area contributed by atoms with Crippen LogP contribution in [0.4, 0.5) is 0 Å². The molecule has 1 heterocycles. The quantitative estimate of drug-likeness (QED) is 0.827. The summed E-state index contributed by atoms with van der Waals surface area (Å²) in [7, 11) is 0. The number of nitrogens with one attached hydrogen (secondary N) is 2. The zero-order valence-corrected chi connectivity index (χ0v) is 12.1. The number of hydrogen-bond donors (Lipinski definition) is 2. The van der Waals surface area contributed by atoms with Crippen molar-refractivity contribution in [1.82, 2.24) is 20.1 Å². The normalized spacial score (nSPS) is 22.6. The minimum Gasteiger partial charge on any atom is -0.352 e. The van der Waals surface area contributed by atoms with Crippen LogP contribution in [0.25, 0.3) is 0 Å². The lowest BCUT2D eigenvalue weighted by Crippen LogP contribution is -2.40. The number of H-pyrrole nitrogens is 1. The Bertz CT molecular complexity index is 472. The average Bonchev–Trinajstić information content (AvgIpc) is 2.83. The van der Waals surface area contributed by atoms with E-state index in [0.717, 1.165) is 18.8 Å². The average molecular weight is 280 g/mol. The molecule has 0 aliphatic heterocycles. The summed E-state index contributed by atoms with van der Waals surface area (Å²) >= 11 is 0. The van der Waals surface area contributed by atoms with E-state index in [-0.39, 0.29) is 24.2 Å². The van der Waals surface area contributed by atoms with Gasteiger partial charge in [-0.3, -0.25) is 9.36 Å². The predicted octanol–water partition coefficient (Wildman–Crippen LogP) is 1.44. The summed E-state index contributed by atoms with van der Waals surface area (Å²) < 4.78 is 1.28. The third kappa shape index (κ3) is 4.21. The van der Waals surface area contributed by atoms with Gasteiger partial charge in [0.05, 0.1) is 0 Å². The molecule has 0 unspecified atom stereocenters. The van der Waals surface area contributed by atoms with Gasteiger partial charge in [-0.2, -0.15) is 5.10 Å². The highest BCUT2D eigenvalue weighted by molar-refractivity contribution is 5.76. The molecule has 112 valence electrons. The summed E-state index contributed by atoms with van der Waals surface area (Å²) in [4.78, 5) is 23.1. The number of amides is 1. The van der Waals surface area contributed by atoms with Crippen molar-refractivity contribution in [2.45, 2.75) is 64.5 Å². The molecular weight excluding hydrogens is 256 g/mol. The maximum atomic E-state index is 11.9. The highest BCUT2D eigenvalue weighted by Gasteiger charge is 2.22. The first-order valence-corrected chi connectivity index (χ1v) is 7.58. The molecule has 1 fully saturated rings. The topological polar surface area (TPSA) is 79.8 Å². The van der Waals surface area contributed by atoms with Crippen molar-refractivity contribution < 1.29 is 4.79 Å². The van der Waals surface area contributed by atoms with Crippen molar-refractivity contribution in [1.29, 1.82) is 0 Å². The van der Waals surface area contributed by atoms with Crippen molar-refractivity contribution in [2.75, 3.05) is 0 Å². The Morgan fingerprint density at radius 1 is 1.45 bits per heavy atom. The third-order valence-corrected chi connectivity index (χ3v) is 4.11. The number of rotatable bonds is 6. The number of unbranched alkanes of at least 4 members (excludes halogenated alkanes) is 1. The highest BCUT2D eigenvalue weighted by atomic mass is 16.2. The van der Waals surface area contributed by atoms with Gasteiger partial charge in [-0.15, -0.1) is 0 Å². The summed E-state index contributed by atoms with van der Waals surface area (Å²) in [6.07, 6.45) is 9.76. The van der Waals surface area contributed by atoms with Crippen LogP contribution in [-0.2, 0) is 11.3 Å². The van der Waals surface area contributed by atoms with Gasteiger partial charge in [0.2, 0.25) is 5.91 Å². The fourth-order valence-electron chi connectivity index (χ4n) is 2.90. The summed E-state index contributed by atoms with van der Waals surface area (Å²) in [5.41, 5.74) is -0.344. The Kier molecular flexibility index (Phi) is 5.38. The van der Waals surface area contributed by atoms with Gasteiger partial charge in [0, 0.05) is 6.04 Å². The fraction of sp³-hybridized carbons (Fsp3) is 0.786. The molecule has 0 atom stereocenters. The molecule has 20 heavy (non-hydrogen) atoms. The molecule has 1 aromatic rings. The Balaban J connectivity index is 1.71. The van der Waals surface area contributed by atoms with E-state index >= 15 is 0 Å². The molecular formula is C14H24N4O2. The Labute approximate surface area is 119 Å². The standard InChI is InChI=1S/C14H24N4O2/c1-2-3-4-11-5-7-12(8-6-11)16-13(19)9-18-10-15-17-14(18)20/h10-12H,2-9H2,1H3,(H,16,19)(H,17,20). The monoisotopic (exact) mass is 280 g/mol. The molecule has 0 aromatic carbocycles. The van der Waals surface area contributed by atoms with E-state index in [0.29, 0.717) is 0 Å². The molecule has 1 aromatic heterocycles. The molecule has 2 rings (SSSR count). The summed E-state index contributed by atoms with van der Waals surface area (Å²) in [6.45, 7) is 2.27. The summed E-state index contributed by atoms with van der Waals surface area (Å²) in [6, 6.07) is 0.267. The van der Waals surface area contributed by atoms with E-state index in [4.69, 9.17) is 0 Å². The van der Waals surface area contributed by atoms with Crippen LogP contribution in [0, 0.1) is 5.92 Å². The smallest absolute Gasteiger partial charge is 0.343 e. The van der Waals surface area contributed by atoms with Gasteiger partial charge in [-0.1, -0.05) is 26.2 Å². The maximum Gasteiger partial charge on any atom is 0.343 e. The van der Waals surface area contributed by atoms with Gasteiger partial charge in [0.25, 0.3) is 0 Å². The molecule has 2 N–H and O–H groups in total. The van der Waals surface area contributed by atoms with Crippen LogP contribution < -0.4 is 11.0 Å². The van der Waals surface area contributed by atoms with Gasteiger partial charge in [0.1, 0.15) is 12.9 Å². The number of carbonyl (C=O) groups is 1. The predicted molar refractivity (Wildman–Crippen MR) is 76.3 cm³/mol. The summed E-state index contributed by atoms with van der Waals surface area (Å²) in [5, 5.41) is 8.91. The van der Waals surface area contributed by atoms with Crippen LogP contribution >= 0.6 is 0 Å². The van der Waals surface area contributed by atoms with Crippen LogP contribution in [0.3, 0.4) is 0 Å². The maximum absolute atomic E-state index is 11.9. The lowest BCUT2D eigenvalue weighted by molar-refractivity contribution is -0.122. The molecule has 0 spiro atoms. The van der Waals surface area contributed by atoms with E-state index in [2.05, 4.69) is 22.4 Å². The number of aromatic amines is 1. The SMILES string of the molecule is CCCCC1CCC(NC(=O)Cn2cn[nH]c2=O)CC1. The zero-order valence-electron chi connectivity index (χ0n) is 12.1. The molecule has 0 radical (unpaired) electrons. The highest BCUT2D eigenvalue weighted by Crippen LogP contribution is 2.28. The Morgan fingerprint density at radius 2 is 2.20 bits per heavy atom. The van der Waals surface area contributed by atoms with E-state index in [1.165, 1.54) is 43.0 Å². The molecule has 6 heteroatoms. The molecule has 0 bridgehead atoms.